The number of hydrogen-bond donors (Lipinski definition) is 0. The van der Waals surface area contributed by atoms with E-state index < -0.39 is 0 Å². The van der Waals surface area contributed by atoms with Crippen molar-refractivity contribution >= 4 is 21.5 Å². The van der Waals surface area contributed by atoms with Gasteiger partial charge in [-0.25, -0.2) is 0 Å². The molecule has 0 unspecified atom stereocenters. The molecule has 2 nitrogen and oxygen atoms in total. The molecule has 1 aliphatic rings. The third-order valence-electron chi connectivity index (χ3n) is 6.41. The Balaban J connectivity index is 2.01. The van der Waals surface area contributed by atoms with Gasteiger partial charge in [-0.05, 0) is 53.1 Å². The number of nitrogens with zero attached hydrogens (tertiary/aromatic N) is 1. The summed E-state index contributed by atoms with van der Waals surface area (Å²) in [6.45, 7) is 11.1. The minimum Gasteiger partial charge on any atom is -0.455 e. The Kier molecular flexibility index (Phi) is 3.58. The highest BCUT2D eigenvalue weighted by molar-refractivity contribution is 6.06. The summed E-state index contributed by atoms with van der Waals surface area (Å²) in [7, 11) is 2.17. The fraction of sp³-hybridized carbons (Fsp3) is 0.269. The van der Waals surface area contributed by atoms with Crippen LogP contribution in [0.15, 0.2) is 42.5 Å². The first-order valence-electron chi connectivity index (χ1n) is 10.1. The highest BCUT2D eigenvalue weighted by Gasteiger charge is 2.33. The molecule has 1 aromatic heterocycles. The molecule has 0 aliphatic carbocycles. The first kappa shape index (κ1) is 17.2. The summed E-state index contributed by atoms with van der Waals surface area (Å²) in [5.41, 5.74) is 7.58. The van der Waals surface area contributed by atoms with E-state index >= 15 is 0 Å². The molecule has 1 aliphatic heterocycles. The van der Waals surface area contributed by atoms with Crippen molar-refractivity contribution < 1.29 is 9.30 Å². The Morgan fingerprint density at radius 3 is 2.25 bits per heavy atom. The van der Waals surface area contributed by atoms with Gasteiger partial charge in [0.05, 0.1) is 10.9 Å². The van der Waals surface area contributed by atoms with Gasteiger partial charge in [0.25, 0.3) is 0 Å². The smallest absolute Gasteiger partial charge is 0.228 e. The third-order valence-corrected chi connectivity index (χ3v) is 6.41. The first-order chi connectivity index (χ1) is 13.4. The Bertz CT molecular complexity index is 1300. The minimum absolute atomic E-state index is 0.461. The van der Waals surface area contributed by atoms with Crippen LogP contribution >= 0.6 is 0 Å². The van der Waals surface area contributed by atoms with Gasteiger partial charge < -0.3 is 4.74 Å². The van der Waals surface area contributed by atoms with Crippen LogP contribution in [-0.4, -0.2) is 0 Å². The zero-order chi connectivity index (χ0) is 19.7. The SMILES string of the molecule is Cc1c2c(c(C)c3ccccc13)-c1c3c(cc(C(C)C)cc3cc(C)[n+]1C)O2. The van der Waals surface area contributed by atoms with E-state index in [1.54, 1.807) is 0 Å². The van der Waals surface area contributed by atoms with Gasteiger partial charge in [0.1, 0.15) is 18.5 Å². The molecular formula is C26H26NO+. The number of benzene rings is 3. The number of rotatable bonds is 1. The molecule has 3 aromatic carbocycles. The van der Waals surface area contributed by atoms with Gasteiger partial charge >= 0.3 is 0 Å². The molecule has 0 saturated heterocycles. The molecular weight excluding hydrogens is 342 g/mol. The molecule has 2 heteroatoms. The van der Waals surface area contributed by atoms with Crippen molar-refractivity contribution in [2.45, 2.75) is 40.5 Å². The van der Waals surface area contributed by atoms with Crippen LogP contribution in [0.25, 0.3) is 32.8 Å². The van der Waals surface area contributed by atoms with Crippen molar-refractivity contribution in [3.8, 4) is 22.8 Å². The molecule has 140 valence electrons. The van der Waals surface area contributed by atoms with Gasteiger partial charge in [-0.3, -0.25) is 0 Å². The van der Waals surface area contributed by atoms with Crippen LogP contribution in [0.5, 0.6) is 11.5 Å². The predicted molar refractivity (Wildman–Crippen MR) is 116 cm³/mol. The fourth-order valence-corrected chi connectivity index (χ4v) is 4.67. The van der Waals surface area contributed by atoms with E-state index in [4.69, 9.17) is 4.74 Å². The number of ether oxygens (including phenoxy) is 1. The zero-order valence-electron chi connectivity index (χ0n) is 17.5. The largest absolute Gasteiger partial charge is 0.455 e. The molecule has 0 N–H and O–H groups in total. The lowest BCUT2D eigenvalue weighted by Gasteiger charge is -2.25. The van der Waals surface area contributed by atoms with Crippen LogP contribution in [0.4, 0.5) is 0 Å². The van der Waals surface area contributed by atoms with Crippen LogP contribution < -0.4 is 9.30 Å². The molecule has 0 atom stereocenters. The van der Waals surface area contributed by atoms with Gasteiger partial charge in [-0.1, -0.05) is 44.2 Å². The summed E-state index contributed by atoms with van der Waals surface area (Å²) in [6.07, 6.45) is 0. The second kappa shape index (κ2) is 5.81. The van der Waals surface area contributed by atoms with Gasteiger partial charge in [0, 0.05) is 18.6 Å². The summed E-state index contributed by atoms with van der Waals surface area (Å²) in [5, 5.41) is 5.07. The van der Waals surface area contributed by atoms with Crippen molar-refractivity contribution in [2.24, 2.45) is 7.05 Å². The van der Waals surface area contributed by atoms with Gasteiger partial charge in [-0.2, -0.15) is 4.57 Å². The average molecular weight is 369 g/mol. The second-order valence-corrected chi connectivity index (χ2v) is 8.43. The summed E-state index contributed by atoms with van der Waals surface area (Å²) in [6, 6.07) is 15.5. The molecule has 0 radical (unpaired) electrons. The van der Waals surface area contributed by atoms with Crippen LogP contribution in [-0.2, 0) is 7.05 Å². The van der Waals surface area contributed by atoms with E-state index in [-0.39, 0.29) is 0 Å². The summed E-state index contributed by atoms with van der Waals surface area (Å²) in [4.78, 5) is 0. The van der Waals surface area contributed by atoms with Crippen LogP contribution in [0.3, 0.4) is 0 Å². The molecule has 28 heavy (non-hydrogen) atoms. The maximum atomic E-state index is 6.64. The van der Waals surface area contributed by atoms with Crippen LogP contribution in [0.1, 0.15) is 42.1 Å². The van der Waals surface area contributed by atoms with Crippen molar-refractivity contribution in [1.29, 1.82) is 0 Å². The Hall–Kier alpha value is -2.87. The topological polar surface area (TPSA) is 13.1 Å². The van der Waals surface area contributed by atoms with E-state index in [9.17, 15) is 0 Å². The number of aromatic nitrogens is 1. The van der Waals surface area contributed by atoms with E-state index in [0.717, 1.165) is 11.5 Å². The molecule has 5 rings (SSSR count). The lowest BCUT2D eigenvalue weighted by molar-refractivity contribution is -0.665. The fourth-order valence-electron chi connectivity index (χ4n) is 4.67. The Morgan fingerprint density at radius 2 is 1.57 bits per heavy atom. The molecule has 4 aromatic rings. The van der Waals surface area contributed by atoms with Crippen molar-refractivity contribution in [2.75, 3.05) is 0 Å². The monoisotopic (exact) mass is 368 g/mol. The number of hydrogen-bond acceptors (Lipinski definition) is 1. The highest BCUT2D eigenvalue weighted by Crippen LogP contribution is 2.50. The number of pyridine rings is 1. The summed E-state index contributed by atoms with van der Waals surface area (Å²) < 4.78 is 8.96. The Morgan fingerprint density at radius 1 is 0.893 bits per heavy atom. The van der Waals surface area contributed by atoms with E-state index in [2.05, 4.69) is 88.7 Å². The molecule has 0 bridgehead atoms. The van der Waals surface area contributed by atoms with E-state index in [1.165, 1.54) is 55.2 Å². The second-order valence-electron chi connectivity index (χ2n) is 8.43. The van der Waals surface area contributed by atoms with Gasteiger partial charge in [0.2, 0.25) is 5.69 Å². The van der Waals surface area contributed by atoms with Gasteiger partial charge in [0.15, 0.2) is 5.69 Å². The molecule has 0 fully saturated rings. The standard InChI is InChI=1S/C26H26NO/c1-14(2)18-12-19-11-15(3)27(6)25-23-16(4)20-9-7-8-10-21(20)17(5)26(23)28-22(13-18)24(19)25/h7-14H,1-6H3/q+1. The number of fused-ring (bicyclic) bond motifs is 3. The quantitative estimate of drug-likeness (QED) is 0.302. The van der Waals surface area contributed by atoms with Gasteiger partial charge in [-0.15, -0.1) is 0 Å². The molecule has 0 amide bonds. The van der Waals surface area contributed by atoms with Crippen LogP contribution in [0.2, 0.25) is 0 Å². The lowest BCUT2D eigenvalue weighted by Crippen LogP contribution is -2.36. The summed E-state index contributed by atoms with van der Waals surface area (Å²) >= 11 is 0. The molecule has 0 saturated carbocycles. The van der Waals surface area contributed by atoms with E-state index in [0.29, 0.717) is 5.92 Å². The van der Waals surface area contributed by atoms with Crippen molar-refractivity contribution in [3.63, 3.8) is 0 Å². The van der Waals surface area contributed by atoms with Crippen molar-refractivity contribution in [1.82, 2.24) is 0 Å². The Labute approximate surface area is 166 Å². The molecule has 2 heterocycles. The third kappa shape index (κ3) is 2.18. The first-order valence-corrected chi connectivity index (χ1v) is 10.1. The normalized spacial score (nSPS) is 12.5. The number of aryl methyl sites for hydroxylation is 3. The predicted octanol–water partition coefficient (Wildman–Crippen LogP) is 6.64. The molecule has 0 spiro atoms. The summed E-state index contributed by atoms with van der Waals surface area (Å²) in [5.74, 6) is 2.45. The zero-order valence-corrected chi connectivity index (χ0v) is 17.5. The maximum Gasteiger partial charge on any atom is 0.228 e. The van der Waals surface area contributed by atoms with Crippen LogP contribution in [0, 0.1) is 20.8 Å². The van der Waals surface area contributed by atoms with Crippen molar-refractivity contribution in [3.05, 3.63) is 64.8 Å². The lowest BCUT2D eigenvalue weighted by atomic mass is 9.88. The maximum absolute atomic E-state index is 6.64. The van der Waals surface area contributed by atoms with E-state index in [1.807, 2.05) is 0 Å². The highest BCUT2D eigenvalue weighted by atomic mass is 16.5. The minimum atomic E-state index is 0.461. The average Bonchev–Trinajstić information content (AvgIpc) is 2.69.